The van der Waals surface area contributed by atoms with E-state index in [1.807, 2.05) is 0 Å². The summed E-state index contributed by atoms with van der Waals surface area (Å²) in [6.45, 7) is 9.34. The van der Waals surface area contributed by atoms with E-state index in [1.165, 1.54) is 12.8 Å². The number of nitrogens with zero attached hydrogens (tertiary/aromatic N) is 3. The molecule has 0 bridgehead atoms. The molecule has 0 unspecified atom stereocenters. The molecule has 1 saturated heterocycles. The van der Waals surface area contributed by atoms with Crippen molar-refractivity contribution in [2.45, 2.75) is 46.0 Å². The van der Waals surface area contributed by atoms with E-state index in [9.17, 15) is 0 Å². The molecule has 0 aromatic carbocycles. The molecule has 0 atom stereocenters. The largest absolute Gasteiger partial charge is 0.341 e. The van der Waals surface area contributed by atoms with Crippen LogP contribution in [0.1, 0.15) is 50.4 Å². The Morgan fingerprint density at radius 2 is 2.00 bits per heavy atom. The predicted octanol–water partition coefficient (Wildman–Crippen LogP) is 2.47. The molecular weight excluding hydrogens is 236 g/mol. The third-order valence-corrected chi connectivity index (χ3v) is 3.93. The molecular formula is C15H26N4. The first kappa shape index (κ1) is 14.3. The molecule has 2 N–H and O–H groups in total. The lowest BCUT2D eigenvalue weighted by atomic mass is 9.94. The van der Waals surface area contributed by atoms with E-state index in [4.69, 9.17) is 10.7 Å². The van der Waals surface area contributed by atoms with Crippen LogP contribution in [0.25, 0.3) is 0 Å². The van der Waals surface area contributed by atoms with Crippen LogP contribution < -0.4 is 10.6 Å². The number of piperidine rings is 1. The van der Waals surface area contributed by atoms with Crippen molar-refractivity contribution < 1.29 is 0 Å². The zero-order valence-electron chi connectivity index (χ0n) is 12.4. The molecule has 0 saturated carbocycles. The van der Waals surface area contributed by atoms with E-state index in [0.29, 0.717) is 5.92 Å². The summed E-state index contributed by atoms with van der Waals surface area (Å²) in [6, 6.07) is 2.09. The van der Waals surface area contributed by atoms with Gasteiger partial charge in [-0.05, 0) is 50.6 Å². The summed E-state index contributed by atoms with van der Waals surface area (Å²) in [5.74, 6) is 2.15. The minimum Gasteiger partial charge on any atom is -0.341 e. The molecule has 1 aliphatic rings. The van der Waals surface area contributed by atoms with Crippen molar-refractivity contribution in [3.8, 4) is 0 Å². The summed E-state index contributed by atoms with van der Waals surface area (Å²) in [5, 5.41) is 0. The van der Waals surface area contributed by atoms with Gasteiger partial charge in [-0.25, -0.2) is 9.97 Å². The number of aromatic nitrogens is 2. The second-order valence-electron chi connectivity index (χ2n) is 5.90. The second kappa shape index (κ2) is 6.33. The molecule has 4 heteroatoms. The molecule has 2 heterocycles. The zero-order valence-corrected chi connectivity index (χ0v) is 12.4. The van der Waals surface area contributed by atoms with Crippen molar-refractivity contribution in [3.63, 3.8) is 0 Å². The van der Waals surface area contributed by atoms with Gasteiger partial charge in [-0.15, -0.1) is 0 Å². The van der Waals surface area contributed by atoms with Crippen LogP contribution in [0.3, 0.4) is 0 Å². The van der Waals surface area contributed by atoms with Crippen LogP contribution in [0.5, 0.6) is 0 Å². The summed E-state index contributed by atoms with van der Waals surface area (Å²) in [6.07, 6.45) is 3.58. The highest BCUT2D eigenvalue weighted by Gasteiger charge is 2.21. The van der Waals surface area contributed by atoms with Crippen molar-refractivity contribution in [1.82, 2.24) is 9.97 Å². The molecule has 1 aliphatic heterocycles. The molecule has 19 heavy (non-hydrogen) atoms. The maximum atomic E-state index is 5.64. The zero-order chi connectivity index (χ0) is 13.8. The SMILES string of the molecule is Cc1cc(C(C)C)nc(N2CCC(CCN)CC2)n1. The van der Waals surface area contributed by atoms with E-state index in [-0.39, 0.29) is 0 Å². The van der Waals surface area contributed by atoms with E-state index in [1.54, 1.807) is 0 Å². The minimum absolute atomic E-state index is 0.454. The Bertz CT molecular complexity index is 409. The standard InChI is InChI=1S/C15H26N4/c1-11(2)14-10-12(3)17-15(18-14)19-8-5-13(4-7-16)6-9-19/h10-11,13H,4-9,16H2,1-3H3. The van der Waals surface area contributed by atoms with Gasteiger partial charge in [0.2, 0.25) is 5.95 Å². The normalized spacial score (nSPS) is 17.2. The Morgan fingerprint density at radius 1 is 1.32 bits per heavy atom. The Kier molecular flexibility index (Phi) is 4.75. The number of nitrogens with two attached hydrogens (primary N) is 1. The monoisotopic (exact) mass is 262 g/mol. The molecule has 1 fully saturated rings. The number of hydrogen-bond donors (Lipinski definition) is 1. The van der Waals surface area contributed by atoms with E-state index in [2.05, 4.69) is 36.7 Å². The van der Waals surface area contributed by atoms with E-state index in [0.717, 1.165) is 49.3 Å². The van der Waals surface area contributed by atoms with Gasteiger partial charge in [0, 0.05) is 24.5 Å². The quantitative estimate of drug-likeness (QED) is 0.905. The summed E-state index contributed by atoms with van der Waals surface area (Å²) in [5.41, 5.74) is 7.85. The number of rotatable bonds is 4. The first-order valence-electron chi connectivity index (χ1n) is 7.40. The van der Waals surface area contributed by atoms with Crippen LogP contribution in [-0.2, 0) is 0 Å². The lowest BCUT2D eigenvalue weighted by molar-refractivity contribution is 0.383. The van der Waals surface area contributed by atoms with Crippen LogP contribution >= 0.6 is 0 Å². The van der Waals surface area contributed by atoms with Crippen molar-refractivity contribution in [3.05, 3.63) is 17.5 Å². The molecule has 1 aromatic rings. The third kappa shape index (κ3) is 3.66. The van der Waals surface area contributed by atoms with Crippen LogP contribution in [0.4, 0.5) is 5.95 Å². The van der Waals surface area contributed by atoms with Gasteiger partial charge in [0.05, 0.1) is 0 Å². The maximum Gasteiger partial charge on any atom is 0.225 e. The predicted molar refractivity (Wildman–Crippen MR) is 79.5 cm³/mol. The highest BCUT2D eigenvalue weighted by atomic mass is 15.3. The number of anilines is 1. The maximum absolute atomic E-state index is 5.64. The summed E-state index contributed by atoms with van der Waals surface area (Å²) in [7, 11) is 0. The number of hydrogen-bond acceptors (Lipinski definition) is 4. The fraction of sp³-hybridized carbons (Fsp3) is 0.733. The lowest BCUT2D eigenvalue weighted by Crippen LogP contribution is -2.35. The summed E-state index contributed by atoms with van der Waals surface area (Å²) < 4.78 is 0. The van der Waals surface area contributed by atoms with Gasteiger partial charge in [-0.3, -0.25) is 0 Å². The lowest BCUT2D eigenvalue weighted by Gasteiger charge is -2.32. The summed E-state index contributed by atoms with van der Waals surface area (Å²) >= 11 is 0. The van der Waals surface area contributed by atoms with Gasteiger partial charge in [0.15, 0.2) is 0 Å². The van der Waals surface area contributed by atoms with Crippen LogP contribution in [0, 0.1) is 12.8 Å². The molecule has 0 amide bonds. The van der Waals surface area contributed by atoms with Crippen LogP contribution in [-0.4, -0.2) is 29.6 Å². The number of aryl methyl sites for hydroxylation is 1. The van der Waals surface area contributed by atoms with Gasteiger partial charge < -0.3 is 10.6 Å². The van der Waals surface area contributed by atoms with Gasteiger partial charge in [0.1, 0.15) is 0 Å². The van der Waals surface area contributed by atoms with Gasteiger partial charge in [-0.1, -0.05) is 13.8 Å². The Hall–Kier alpha value is -1.16. The van der Waals surface area contributed by atoms with Crippen molar-refractivity contribution in [2.24, 2.45) is 11.7 Å². The van der Waals surface area contributed by atoms with Crippen LogP contribution in [0.2, 0.25) is 0 Å². The Labute approximate surface area is 116 Å². The highest BCUT2D eigenvalue weighted by molar-refractivity contribution is 5.33. The molecule has 4 nitrogen and oxygen atoms in total. The third-order valence-electron chi connectivity index (χ3n) is 3.93. The second-order valence-corrected chi connectivity index (χ2v) is 5.90. The van der Waals surface area contributed by atoms with Crippen LogP contribution in [0.15, 0.2) is 6.07 Å². The minimum atomic E-state index is 0.454. The first-order valence-corrected chi connectivity index (χ1v) is 7.40. The molecule has 0 spiro atoms. The molecule has 0 aliphatic carbocycles. The van der Waals surface area contributed by atoms with Gasteiger partial charge in [0.25, 0.3) is 0 Å². The molecule has 2 rings (SSSR count). The van der Waals surface area contributed by atoms with E-state index >= 15 is 0 Å². The van der Waals surface area contributed by atoms with Gasteiger partial charge in [-0.2, -0.15) is 0 Å². The van der Waals surface area contributed by atoms with Crippen molar-refractivity contribution in [2.75, 3.05) is 24.5 Å². The average molecular weight is 262 g/mol. The topological polar surface area (TPSA) is 55.0 Å². The molecule has 1 aromatic heterocycles. The van der Waals surface area contributed by atoms with Gasteiger partial charge >= 0.3 is 0 Å². The fourth-order valence-corrected chi connectivity index (χ4v) is 2.67. The van der Waals surface area contributed by atoms with Crippen molar-refractivity contribution in [1.29, 1.82) is 0 Å². The first-order chi connectivity index (χ1) is 9.10. The fourth-order valence-electron chi connectivity index (χ4n) is 2.67. The van der Waals surface area contributed by atoms with Crippen molar-refractivity contribution >= 4 is 5.95 Å². The Morgan fingerprint density at radius 3 is 2.58 bits per heavy atom. The highest BCUT2D eigenvalue weighted by Crippen LogP contribution is 2.24. The average Bonchev–Trinajstić information content (AvgIpc) is 2.39. The molecule has 106 valence electrons. The molecule has 0 radical (unpaired) electrons. The van der Waals surface area contributed by atoms with E-state index < -0.39 is 0 Å². The Balaban J connectivity index is 2.06. The summed E-state index contributed by atoms with van der Waals surface area (Å²) in [4.78, 5) is 11.6. The smallest absolute Gasteiger partial charge is 0.225 e.